The number of carbonyl (C=O) groups excluding carboxylic acids is 1. The number of benzene rings is 1. The van der Waals surface area contributed by atoms with E-state index >= 15 is 0 Å². The average Bonchev–Trinajstić information content (AvgIpc) is 3.47. The highest BCUT2D eigenvalue weighted by atomic mass is 32.1. The summed E-state index contributed by atoms with van der Waals surface area (Å²) in [6, 6.07) is 19.7. The van der Waals surface area contributed by atoms with Crippen LogP contribution in [0.3, 0.4) is 0 Å². The number of nitrogens with one attached hydrogen (secondary N) is 2. The molecule has 3 N–H and O–H groups in total. The van der Waals surface area contributed by atoms with Crippen molar-refractivity contribution in [2.75, 3.05) is 6.54 Å². The first-order valence-corrected chi connectivity index (χ1v) is 10.3. The summed E-state index contributed by atoms with van der Waals surface area (Å²) in [6.07, 6.45) is 3.72. The van der Waals surface area contributed by atoms with Gasteiger partial charge in [-0.25, -0.2) is 5.48 Å². The molecule has 0 bridgehead atoms. The van der Waals surface area contributed by atoms with Gasteiger partial charge in [-0.15, -0.1) is 11.3 Å². The van der Waals surface area contributed by atoms with Crippen molar-refractivity contribution in [3.05, 3.63) is 83.5 Å². The average molecular weight is 420 g/mol. The Hall–Kier alpha value is -3.33. The molecule has 0 saturated heterocycles. The second kappa shape index (κ2) is 9.45. The number of rotatable bonds is 8. The summed E-state index contributed by atoms with van der Waals surface area (Å²) < 4.78 is 1.87. The fourth-order valence-corrected chi connectivity index (χ4v) is 3.88. The van der Waals surface area contributed by atoms with Gasteiger partial charge < -0.3 is 5.32 Å². The van der Waals surface area contributed by atoms with E-state index in [9.17, 15) is 4.79 Å². The van der Waals surface area contributed by atoms with Gasteiger partial charge in [0.05, 0.1) is 22.0 Å². The quantitative estimate of drug-likeness (QED) is 0.231. The molecule has 3 heterocycles. The van der Waals surface area contributed by atoms with Gasteiger partial charge in [0.15, 0.2) is 0 Å². The fourth-order valence-electron chi connectivity index (χ4n) is 3.02. The van der Waals surface area contributed by atoms with Crippen LogP contribution < -0.4 is 10.8 Å². The first-order valence-electron chi connectivity index (χ1n) is 9.52. The molecule has 4 aromatic rings. The first-order chi connectivity index (χ1) is 14.7. The number of carbonyl (C=O) groups is 1. The molecule has 1 aromatic carbocycles. The summed E-state index contributed by atoms with van der Waals surface area (Å²) in [5.74, 6) is -0.511. The maximum atomic E-state index is 11.5. The van der Waals surface area contributed by atoms with Gasteiger partial charge >= 0.3 is 0 Å². The van der Waals surface area contributed by atoms with Crippen molar-refractivity contribution < 1.29 is 10.0 Å². The molecule has 1 amide bonds. The van der Waals surface area contributed by atoms with E-state index in [1.165, 1.54) is 16.9 Å². The van der Waals surface area contributed by atoms with Gasteiger partial charge in [0, 0.05) is 31.0 Å². The zero-order chi connectivity index (χ0) is 20.8. The number of nitrogens with zero attached hydrogens (tertiary/aromatic N) is 3. The molecule has 152 valence electrons. The van der Waals surface area contributed by atoms with Crippen LogP contribution in [0.5, 0.6) is 0 Å². The highest BCUT2D eigenvalue weighted by Gasteiger charge is 2.11. The van der Waals surface area contributed by atoms with E-state index < -0.39 is 5.91 Å². The second-order valence-corrected chi connectivity index (χ2v) is 7.74. The maximum absolute atomic E-state index is 11.5. The Morgan fingerprint density at radius 3 is 2.67 bits per heavy atom. The summed E-state index contributed by atoms with van der Waals surface area (Å²) in [4.78, 5) is 17.2. The van der Waals surface area contributed by atoms with Crippen molar-refractivity contribution in [2.24, 2.45) is 0 Å². The van der Waals surface area contributed by atoms with Crippen molar-refractivity contribution in [1.29, 1.82) is 0 Å². The van der Waals surface area contributed by atoms with Crippen molar-refractivity contribution in [3.63, 3.8) is 0 Å². The van der Waals surface area contributed by atoms with Crippen LogP contribution in [0.25, 0.3) is 21.8 Å². The van der Waals surface area contributed by atoms with E-state index in [1.807, 2.05) is 41.2 Å². The lowest BCUT2D eigenvalue weighted by atomic mass is 10.1. The number of aromatic nitrogens is 3. The zero-order valence-electron chi connectivity index (χ0n) is 16.2. The van der Waals surface area contributed by atoms with Crippen LogP contribution in [0.15, 0.2) is 73.1 Å². The van der Waals surface area contributed by atoms with Crippen LogP contribution in [-0.2, 0) is 13.1 Å². The Morgan fingerprint density at radius 1 is 1.03 bits per heavy atom. The lowest BCUT2D eigenvalue weighted by Gasteiger charge is -2.06. The molecule has 0 unspecified atom stereocenters. The molecule has 30 heavy (non-hydrogen) atoms. The lowest BCUT2D eigenvalue weighted by molar-refractivity contribution is 0.0711. The number of pyridine rings is 1. The predicted molar refractivity (Wildman–Crippen MR) is 116 cm³/mol. The monoisotopic (exact) mass is 419 g/mol. The summed E-state index contributed by atoms with van der Waals surface area (Å²) >= 11 is 1.29. The van der Waals surface area contributed by atoms with Gasteiger partial charge in [-0.2, -0.15) is 5.10 Å². The third-order valence-electron chi connectivity index (χ3n) is 4.59. The lowest BCUT2D eigenvalue weighted by Crippen LogP contribution is -2.19. The van der Waals surface area contributed by atoms with E-state index in [0.29, 0.717) is 4.88 Å². The predicted octanol–water partition coefficient (Wildman–Crippen LogP) is 3.58. The summed E-state index contributed by atoms with van der Waals surface area (Å²) in [5.41, 5.74) is 5.75. The third-order valence-corrected chi connectivity index (χ3v) is 5.69. The number of thiophene rings is 1. The Morgan fingerprint density at radius 2 is 1.90 bits per heavy atom. The molecule has 0 fully saturated rings. The number of hydrogen-bond acceptors (Lipinski definition) is 6. The van der Waals surface area contributed by atoms with Crippen molar-refractivity contribution in [2.45, 2.75) is 13.1 Å². The Kier molecular flexibility index (Phi) is 6.29. The fraction of sp³-hybridized carbons (Fsp3) is 0.136. The summed E-state index contributed by atoms with van der Waals surface area (Å²) in [7, 11) is 0. The van der Waals surface area contributed by atoms with E-state index in [4.69, 9.17) is 5.21 Å². The van der Waals surface area contributed by atoms with Crippen LogP contribution in [0.4, 0.5) is 0 Å². The number of hydroxylamine groups is 1. The minimum Gasteiger partial charge on any atom is -0.311 e. The van der Waals surface area contributed by atoms with Crippen LogP contribution in [-0.4, -0.2) is 32.4 Å². The molecule has 0 spiro atoms. The van der Waals surface area contributed by atoms with Gasteiger partial charge in [0.2, 0.25) is 0 Å². The second-order valence-electron chi connectivity index (χ2n) is 6.66. The summed E-state index contributed by atoms with van der Waals surface area (Å²) in [5, 5.41) is 16.7. The molecule has 0 aliphatic rings. The molecular formula is C22H21N5O2S. The molecule has 7 nitrogen and oxygen atoms in total. The van der Waals surface area contributed by atoms with E-state index in [1.54, 1.807) is 17.7 Å². The van der Waals surface area contributed by atoms with Crippen molar-refractivity contribution >= 4 is 17.2 Å². The van der Waals surface area contributed by atoms with Crippen LogP contribution in [0.1, 0.15) is 15.2 Å². The molecule has 3 aromatic heterocycles. The zero-order valence-corrected chi connectivity index (χ0v) is 17.0. The minimum atomic E-state index is -0.511. The molecule has 0 saturated carbocycles. The SMILES string of the molecule is O=C(NO)c1ccc(-c2ccn(CCNCc3ccc(-c4ccccn4)cc3)n2)s1. The molecule has 4 rings (SSSR count). The van der Waals surface area contributed by atoms with Crippen LogP contribution >= 0.6 is 11.3 Å². The molecular weight excluding hydrogens is 398 g/mol. The van der Waals surface area contributed by atoms with E-state index in [0.717, 1.165) is 41.5 Å². The van der Waals surface area contributed by atoms with Gasteiger partial charge in [0.1, 0.15) is 5.69 Å². The maximum Gasteiger partial charge on any atom is 0.284 e. The smallest absolute Gasteiger partial charge is 0.284 e. The largest absolute Gasteiger partial charge is 0.311 e. The molecule has 0 aliphatic carbocycles. The number of amides is 1. The Bertz CT molecular complexity index is 1110. The Labute approximate surface area is 178 Å². The van der Waals surface area contributed by atoms with Crippen molar-refractivity contribution in [1.82, 2.24) is 25.6 Å². The van der Waals surface area contributed by atoms with Gasteiger partial charge in [-0.05, 0) is 35.9 Å². The molecule has 0 radical (unpaired) electrons. The van der Waals surface area contributed by atoms with Crippen LogP contribution in [0.2, 0.25) is 0 Å². The topological polar surface area (TPSA) is 92.1 Å². The minimum absolute atomic E-state index is 0.442. The van der Waals surface area contributed by atoms with E-state index in [2.05, 4.69) is 39.7 Å². The third kappa shape index (κ3) is 4.80. The van der Waals surface area contributed by atoms with E-state index in [-0.39, 0.29) is 0 Å². The highest BCUT2D eigenvalue weighted by molar-refractivity contribution is 7.17. The first kappa shape index (κ1) is 20.0. The molecule has 0 aliphatic heterocycles. The van der Waals surface area contributed by atoms with Crippen LogP contribution in [0, 0.1) is 0 Å². The van der Waals surface area contributed by atoms with Crippen molar-refractivity contribution in [3.8, 4) is 21.8 Å². The molecule has 0 atom stereocenters. The Balaban J connectivity index is 1.26. The highest BCUT2D eigenvalue weighted by Crippen LogP contribution is 2.26. The molecule has 8 heteroatoms. The standard InChI is InChI=1S/C22H21N5O2S/c28-22(26-29)21-9-8-20(30-21)19-10-13-27(25-19)14-12-23-15-16-4-6-17(7-5-16)18-3-1-2-11-24-18/h1-11,13,23,29H,12,14-15H2,(H,26,28). The summed E-state index contributed by atoms with van der Waals surface area (Å²) in [6.45, 7) is 2.30. The van der Waals surface area contributed by atoms with Gasteiger partial charge in [-0.3, -0.25) is 19.7 Å². The van der Waals surface area contributed by atoms with Gasteiger partial charge in [-0.1, -0.05) is 30.3 Å². The van der Waals surface area contributed by atoms with Gasteiger partial charge in [0.25, 0.3) is 5.91 Å². The normalized spacial score (nSPS) is 10.8. The number of hydrogen-bond donors (Lipinski definition) is 3.